The predicted octanol–water partition coefficient (Wildman–Crippen LogP) is 3.50. The molecule has 0 unspecified atom stereocenters. The smallest absolute Gasteiger partial charge is 0.311 e. The van der Waals surface area contributed by atoms with Crippen molar-refractivity contribution in [3.8, 4) is 11.3 Å². The number of anilines is 1. The van der Waals surface area contributed by atoms with E-state index in [4.69, 9.17) is 0 Å². The second-order valence-corrected chi connectivity index (χ2v) is 6.28. The van der Waals surface area contributed by atoms with E-state index in [1.807, 2.05) is 6.07 Å². The molecular formula is C15H17F3N4OS. The molecule has 2 rings (SSSR count). The fourth-order valence-electron chi connectivity index (χ4n) is 1.90. The second-order valence-electron chi connectivity index (χ2n) is 5.06. The van der Waals surface area contributed by atoms with Crippen LogP contribution in [0.15, 0.2) is 30.6 Å². The van der Waals surface area contributed by atoms with Crippen molar-refractivity contribution in [2.24, 2.45) is 7.05 Å². The minimum absolute atomic E-state index is 0.0341. The van der Waals surface area contributed by atoms with E-state index in [0.29, 0.717) is 17.3 Å². The number of pyridine rings is 1. The Labute approximate surface area is 141 Å². The molecule has 0 fully saturated rings. The normalized spacial score (nSPS) is 11.5. The number of rotatable bonds is 7. The molecule has 1 N–H and O–H groups in total. The van der Waals surface area contributed by atoms with Gasteiger partial charge in [0.25, 0.3) is 0 Å². The summed E-state index contributed by atoms with van der Waals surface area (Å²) >= 11 is 1.11. The number of hydrogen-bond donors (Lipinski definition) is 1. The van der Waals surface area contributed by atoms with Crippen LogP contribution in [0.5, 0.6) is 0 Å². The zero-order valence-electron chi connectivity index (χ0n) is 13.0. The van der Waals surface area contributed by atoms with Gasteiger partial charge in [-0.3, -0.25) is 14.5 Å². The van der Waals surface area contributed by atoms with Crippen LogP contribution in [0.1, 0.15) is 12.8 Å². The molecule has 9 heteroatoms. The Bertz CT molecular complexity index is 673. The highest BCUT2D eigenvalue weighted by molar-refractivity contribution is 7.99. The largest absolute Gasteiger partial charge is 0.389 e. The summed E-state index contributed by atoms with van der Waals surface area (Å²) in [6, 6.07) is 5.38. The maximum atomic E-state index is 12.0. The Morgan fingerprint density at radius 3 is 2.83 bits per heavy atom. The maximum absolute atomic E-state index is 12.0. The average molecular weight is 358 g/mol. The summed E-state index contributed by atoms with van der Waals surface area (Å²) in [5.41, 5.74) is 1.51. The Balaban J connectivity index is 1.81. The molecule has 24 heavy (non-hydrogen) atoms. The Morgan fingerprint density at radius 2 is 2.17 bits per heavy atom. The molecule has 5 nitrogen and oxygen atoms in total. The first kappa shape index (κ1) is 18.3. The van der Waals surface area contributed by atoms with Crippen LogP contribution in [0.2, 0.25) is 0 Å². The first-order chi connectivity index (χ1) is 11.3. The van der Waals surface area contributed by atoms with Gasteiger partial charge in [0.05, 0.1) is 12.1 Å². The number of carbonyl (C=O) groups excluding carboxylic acids is 1. The molecule has 0 saturated carbocycles. The van der Waals surface area contributed by atoms with Gasteiger partial charge in [0.2, 0.25) is 5.91 Å². The number of nitrogens with zero attached hydrogens (tertiary/aromatic N) is 3. The third-order valence-electron chi connectivity index (χ3n) is 3.11. The van der Waals surface area contributed by atoms with Crippen LogP contribution in [0.3, 0.4) is 0 Å². The average Bonchev–Trinajstić information content (AvgIpc) is 2.88. The Kier molecular flexibility index (Phi) is 6.24. The first-order valence-electron chi connectivity index (χ1n) is 7.24. The van der Waals surface area contributed by atoms with Gasteiger partial charge in [-0.2, -0.15) is 30.0 Å². The number of halogens is 3. The van der Waals surface area contributed by atoms with Crippen molar-refractivity contribution in [1.82, 2.24) is 14.8 Å². The van der Waals surface area contributed by atoms with Gasteiger partial charge in [-0.25, -0.2) is 0 Å². The van der Waals surface area contributed by atoms with Crippen molar-refractivity contribution >= 4 is 23.5 Å². The standard InChI is InChI=1S/C15H17F3N4OS/c1-22-13(9-12(21-22)11-3-2-6-19-10-11)20-14(23)4-7-24-8-5-15(16,17)18/h2-3,6,9-10H,4-5,7-8H2,1H3,(H,20,23). The van der Waals surface area contributed by atoms with Gasteiger partial charge in [0, 0.05) is 49.0 Å². The molecule has 0 radical (unpaired) electrons. The fourth-order valence-corrected chi connectivity index (χ4v) is 2.81. The molecule has 0 aliphatic heterocycles. The van der Waals surface area contributed by atoms with Crippen LogP contribution < -0.4 is 5.32 Å². The molecule has 0 bridgehead atoms. The number of carbonyl (C=O) groups is 1. The van der Waals surface area contributed by atoms with Crippen LogP contribution >= 0.6 is 11.8 Å². The zero-order chi connectivity index (χ0) is 17.6. The SMILES string of the molecule is Cn1nc(-c2cccnc2)cc1NC(=O)CCSCCC(F)(F)F. The van der Waals surface area contributed by atoms with E-state index in [-0.39, 0.29) is 18.1 Å². The van der Waals surface area contributed by atoms with Crippen molar-refractivity contribution < 1.29 is 18.0 Å². The molecular weight excluding hydrogens is 341 g/mol. The fraction of sp³-hybridized carbons (Fsp3) is 0.400. The molecule has 2 heterocycles. The van der Waals surface area contributed by atoms with Crippen LogP contribution in [0, 0.1) is 0 Å². The van der Waals surface area contributed by atoms with E-state index >= 15 is 0 Å². The van der Waals surface area contributed by atoms with Crippen LogP contribution in [0.4, 0.5) is 19.0 Å². The van der Waals surface area contributed by atoms with Crippen LogP contribution in [-0.2, 0) is 11.8 Å². The lowest BCUT2D eigenvalue weighted by Gasteiger charge is -2.06. The van der Waals surface area contributed by atoms with Crippen molar-refractivity contribution in [3.05, 3.63) is 30.6 Å². The van der Waals surface area contributed by atoms with Crippen molar-refractivity contribution in [2.45, 2.75) is 19.0 Å². The van der Waals surface area contributed by atoms with E-state index < -0.39 is 12.6 Å². The molecule has 130 valence electrons. The highest BCUT2D eigenvalue weighted by Gasteiger charge is 2.26. The number of alkyl halides is 3. The summed E-state index contributed by atoms with van der Waals surface area (Å²) in [7, 11) is 1.70. The van der Waals surface area contributed by atoms with Gasteiger partial charge in [0.1, 0.15) is 5.82 Å². The summed E-state index contributed by atoms with van der Waals surface area (Å²) in [6.45, 7) is 0. The van der Waals surface area contributed by atoms with E-state index in [0.717, 1.165) is 17.3 Å². The van der Waals surface area contributed by atoms with Gasteiger partial charge < -0.3 is 5.32 Å². The number of aryl methyl sites for hydroxylation is 1. The van der Waals surface area contributed by atoms with Gasteiger partial charge >= 0.3 is 6.18 Å². The summed E-state index contributed by atoms with van der Waals surface area (Å²) in [6.07, 6.45) is -1.51. The highest BCUT2D eigenvalue weighted by atomic mass is 32.2. The number of hydrogen-bond acceptors (Lipinski definition) is 4. The van der Waals surface area contributed by atoms with E-state index in [1.165, 1.54) is 4.68 Å². The topological polar surface area (TPSA) is 59.8 Å². The molecule has 0 saturated heterocycles. The summed E-state index contributed by atoms with van der Waals surface area (Å²) < 4.78 is 37.6. The van der Waals surface area contributed by atoms with Gasteiger partial charge in [-0.05, 0) is 12.1 Å². The second kappa shape index (κ2) is 8.18. The lowest BCUT2D eigenvalue weighted by molar-refractivity contribution is -0.129. The number of nitrogens with one attached hydrogen (secondary N) is 1. The van der Waals surface area contributed by atoms with E-state index in [1.54, 1.807) is 31.6 Å². The van der Waals surface area contributed by atoms with Crippen molar-refractivity contribution in [3.63, 3.8) is 0 Å². The van der Waals surface area contributed by atoms with Gasteiger partial charge in [0.15, 0.2) is 0 Å². The van der Waals surface area contributed by atoms with Crippen LogP contribution in [-0.4, -0.2) is 38.4 Å². The number of thioether (sulfide) groups is 1. The minimum Gasteiger partial charge on any atom is -0.311 e. The molecule has 0 aliphatic rings. The van der Waals surface area contributed by atoms with Gasteiger partial charge in [-0.1, -0.05) is 0 Å². The number of aromatic nitrogens is 3. The molecule has 1 amide bonds. The van der Waals surface area contributed by atoms with Crippen molar-refractivity contribution in [2.75, 3.05) is 16.8 Å². The minimum atomic E-state index is -4.15. The molecule has 0 aromatic carbocycles. The lowest BCUT2D eigenvalue weighted by atomic mass is 10.2. The summed E-state index contributed by atoms with van der Waals surface area (Å²) in [5, 5.41) is 7.02. The molecule has 2 aromatic heterocycles. The Morgan fingerprint density at radius 1 is 1.38 bits per heavy atom. The van der Waals surface area contributed by atoms with Gasteiger partial charge in [-0.15, -0.1) is 0 Å². The zero-order valence-corrected chi connectivity index (χ0v) is 13.8. The molecule has 0 aliphatic carbocycles. The Hall–Kier alpha value is -2.03. The van der Waals surface area contributed by atoms with Crippen LogP contribution in [0.25, 0.3) is 11.3 Å². The summed E-state index contributed by atoms with van der Waals surface area (Å²) in [5.74, 6) is 0.581. The van der Waals surface area contributed by atoms with E-state index in [9.17, 15) is 18.0 Å². The lowest BCUT2D eigenvalue weighted by Crippen LogP contribution is -2.15. The molecule has 0 spiro atoms. The first-order valence-corrected chi connectivity index (χ1v) is 8.39. The summed E-state index contributed by atoms with van der Waals surface area (Å²) in [4.78, 5) is 15.9. The number of amides is 1. The maximum Gasteiger partial charge on any atom is 0.389 e. The molecule has 2 aromatic rings. The molecule has 0 atom stereocenters. The third-order valence-corrected chi connectivity index (χ3v) is 4.09. The third kappa shape index (κ3) is 5.88. The monoisotopic (exact) mass is 358 g/mol. The van der Waals surface area contributed by atoms with Crippen molar-refractivity contribution in [1.29, 1.82) is 0 Å². The highest BCUT2D eigenvalue weighted by Crippen LogP contribution is 2.23. The predicted molar refractivity (Wildman–Crippen MR) is 87.7 cm³/mol. The quantitative estimate of drug-likeness (QED) is 0.770. The van der Waals surface area contributed by atoms with E-state index in [2.05, 4.69) is 15.4 Å².